The number of carbonyl (C=O) groups excluding carboxylic acids is 1. The van der Waals surface area contributed by atoms with E-state index in [0.29, 0.717) is 6.42 Å². The summed E-state index contributed by atoms with van der Waals surface area (Å²) in [6.07, 6.45) is 2.22. The summed E-state index contributed by atoms with van der Waals surface area (Å²) in [5.74, 6) is 0. The third-order valence-corrected chi connectivity index (χ3v) is 2.35. The molecule has 2 nitrogen and oxygen atoms in total. The van der Waals surface area contributed by atoms with Gasteiger partial charge in [0.05, 0.1) is 12.1 Å². The van der Waals surface area contributed by atoms with Gasteiger partial charge in [-0.2, -0.15) is 0 Å². The summed E-state index contributed by atoms with van der Waals surface area (Å²) < 4.78 is 0. The highest BCUT2D eigenvalue weighted by Crippen LogP contribution is 2.29. The molecule has 1 aromatic rings. The zero-order valence-electron chi connectivity index (χ0n) is 5.20. The predicted molar refractivity (Wildman–Crippen MR) is 38.8 cm³/mol. The number of thioether (sulfide) groups is 1. The van der Waals surface area contributed by atoms with Gasteiger partial charge in [-0.15, -0.1) is 0 Å². The number of hydrogen-bond acceptors (Lipinski definition) is 3. The molecule has 0 amide bonds. The molecule has 1 aliphatic heterocycles. The lowest BCUT2D eigenvalue weighted by molar-refractivity contribution is -0.110. The minimum atomic E-state index is 0.203. The van der Waals surface area contributed by atoms with Crippen LogP contribution in [0.25, 0.3) is 0 Å². The van der Waals surface area contributed by atoms with Crippen LogP contribution in [-0.2, 0) is 11.2 Å². The zero-order chi connectivity index (χ0) is 6.97. The van der Waals surface area contributed by atoms with Crippen LogP contribution in [-0.4, -0.2) is 10.1 Å². The molecule has 0 aromatic carbocycles. The number of fused-ring (bicyclic) bond motifs is 1. The molecule has 0 spiro atoms. The Hall–Kier alpha value is -0.830. The van der Waals surface area contributed by atoms with Crippen LogP contribution in [0, 0.1) is 0 Å². The van der Waals surface area contributed by atoms with Gasteiger partial charge >= 0.3 is 0 Å². The normalized spacial score (nSPS) is 15.4. The summed E-state index contributed by atoms with van der Waals surface area (Å²) in [6.45, 7) is 0. The SMILES string of the molecule is O=C1Cc2ncccc2S1. The highest BCUT2D eigenvalue weighted by Gasteiger charge is 2.19. The number of rotatable bonds is 0. The van der Waals surface area contributed by atoms with Gasteiger partial charge in [0.2, 0.25) is 0 Å². The van der Waals surface area contributed by atoms with Crippen molar-refractivity contribution in [2.75, 3.05) is 0 Å². The molecule has 0 fully saturated rings. The van der Waals surface area contributed by atoms with Crippen molar-refractivity contribution in [3.8, 4) is 0 Å². The van der Waals surface area contributed by atoms with E-state index in [1.807, 2.05) is 12.1 Å². The number of aromatic nitrogens is 1. The van der Waals surface area contributed by atoms with Crippen LogP contribution in [0.3, 0.4) is 0 Å². The molecule has 3 heteroatoms. The summed E-state index contributed by atoms with van der Waals surface area (Å²) in [7, 11) is 0. The van der Waals surface area contributed by atoms with E-state index >= 15 is 0 Å². The molecule has 1 aromatic heterocycles. The second kappa shape index (κ2) is 2.09. The summed E-state index contributed by atoms with van der Waals surface area (Å²) in [5.41, 5.74) is 0.928. The Labute approximate surface area is 62.7 Å². The van der Waals surface area contributed by atoms with Gasteiger partial charge in [0.15, 0.2) is 5.12 Å². The van der Waals surface area contributed by atoms with Crippen LogP contribution in [0.5, 0.6) is 0 Å². The lowest BCUT2D eigenvalue weighted by atomic mass is 10.3. The van der Waals surface area contributed by atoms with Gasteiger partial charge in [0.25, 0.3) is 0 Å². The van der Waals surface area contributed by atoms with E-state index in [4.69, 9.17) is 0 Å². The van der Waals surface area contributed by atoms with Crippen molar-refractivity contribution in [3.63, 3.8) is 0 Å². The summed E-state index contributed by atoms with van der Waals surface area (Å²) in [6, 6.07) is 3.78. The maximum Gasteiger partial charge on any atom is 0.199 e. The standard InChI is InChI=1S/C7H5NOS/c9-7-4-5-6(10-7)2-1-3-8-5/h1-3H,4H2. The van der Waals surface area contributed by atoms with Crippen molar-refractivity contribution in [1.82, 2.24) is 4.98 Å². The van der Waals surface area contributed by atoms with Crippen LogP contribution in [0.4, 0.5) is 0 Å². The first-order chi connectivity index (χ1) is 4.86. The second-order valence-corrected chi connectivity index (χ2v) is 3.20. The number of hydrogen-bond donors (Lipinski definition) is 0. The smallest absolute Gasteiger partial charge is 0.199 e. The second-order valence-electron chi connectivity index (χ2n) is 2.10. The molecule has 2 rings (SSSR count). The molecule has 50 valence electrons. The third kappa shape index (κ3) is 0.827. The van der Waals surface area contributed by atoms with E-state index in [2.05, 4.69) is 4.98 Å². The van der Waals surface area contributed by atoms with Crippen molar-refractivity contribution in [2.24, 2.45) is 0 Å². The fourth-order valence-electron chi connectivity index (χ4n) is 0.944. The summed E-state index contributed by atoms with van der Waals surface area (Å²) in [5, 5.41) is 0.203. The van der Waals surface area contributed by atoms with Gasteiger partial charge in [-0.25, -0.2) is 0 Å². The highest BCUT2D eigenvalue weighted by atomic mass is 32.2. The van der Waals surface area contributed by atoms with Crippen LogP contribution in [0.2, 0.25) is 0 Å². The Kier molecular flexibility index (Phi) is 1.24. The lowest BCUT2D eigenvalue weighted by Gasteiger charge is -1.89. The van der Waals surface area contributed by atoms with Crippen molar-refractivity contribution in [1.29, 1.82) is 0 Å². The quantitative estimate of drug-likeness (QED) is 0.559. The van der Waals surface area contributed by atoms with E-state index < -0.39 is 0 Å². The number of nitrogens with zero attached hydrogens (tertiary/aromatic N) is 1. The van der Waals surface area contributed by atoms with Gasteiger partial charge in [0, 0.05) is 11.1 Å². The fraction of sp³-hybridized carbons (Fsp3) is 0.143. The average molecular weight is 151 g/mol. The van der Waals surface area contributed by atoms with E-state index in [0.717, 1.165) is 10.6 Å². The molecule has 0 bridgehead atoms. The van der Waals surface area contributed by atoms with Gasteiger partial charge in [-0.3, -0.25) is 9.78 Å². The third-order valence-electron chi connectivity index (χ3n) is 1.38. The Morgan fingerprint density at radius 2 is 2.50 bits per heavy atom. The van der Waals surface area contributed by atoms with Crippen molar-refractivity contribution in [3.05, 3.63) is 24.0 Å². The van der Waals surface area contributed by atoms with E-state index in [1.165, 1.54) is 11.8 Å². The zero-order valence-corrected chi connectivity index (χ0v) is 6.02. The number of pyridine rings is 1. The molecule has 0 aliphatic carbocycles. The molecule has 10 heavy (non-hydrogen) atoms. The Balaban J connectivity index is 2.51. The van der Waals surface area contributed by atoms with Crippen molar-refractivity contribution in [2.45, 2.75) is 11.3 Å². The van der Waals surface area contributed by atoms with Crippen molar-refractivity contribution >= 4 is 16.9 Å². The fourth-order valence-corrected chi connectivity index (χ4v) is 1.79. The molecule has 0 saturated heterocycles. The van der Waals surface area contributed by atoms with Crippen LogP contribution < -0.4 is 0 Å². The maximum atomic E-state index is 10.8. The topological polar surface area (TPSA) is 30.0 Å². The molecule has 1 aliphatic rings. The van der Waals surface area contributed by atoms with Crippen molar-refractivity contribution < 1.29 is 4.79 Å². The Morgan fingerprint density at radius 1 is 1.60 bits per heavy atom. The molecule has 0 saturated carbocycles. The lowest BCUT2D eigenvalue weighted by Crippen LogP contribution is -1.88. The largest absolute Gasteiger partial charge is 0.286 e. The Bertz CT molecular complexity index is 258. The maximum absolute atomic E-state index is 10.8. The van der Waals surface area contributed by atoms with E-state index in [1.54, 1.807) is 6.20 Å². The average Bonchev–Trinajstić information content (AvgIpc) is 2.27. The highest BCUT2D eigenvalue weighted by molar-refractivity contribution is 8.14. The first-order valence-corrected chi connectivity index (χ1v) is 3.82. The molecule has 0 radical (unpaired) electrons. The monoisotopic (exact) mass is 151 g/mol. The van der Waals surface area contributed by atoms with Crippen LogP contribution in [0.1, 0.15) is 5.69 Å². The van der Waals surface area contributed by atoms with Gasteiger partial charge in [-0.05, 0) is 23.9 Å². The molecule has 0 unspecified atom stereocenters. The molecule has 2 heterocycles. The van der Waals surface area contributed by atoms with E-state index in [9.17, 15) is 4.79 Å². The first kappa shape index (κ1) is 5.92. The molecule has 0 atom stereocenters. The summed E-state index contributed by atoms with van der Waals surface area (Å²) >= 11 is 1.29. The first-order valence-electron chi connectivity index (χ1n) is 3.01. The molecular weight excluding hydrogens is 146 g/mol. The number of carbonyl (C=O) groups is 1. The minimum Gasteiger partial charge on any atom is -0.286 e. The van der Waals surface area contributed by atoms with E-state index in [-0.39, 0.29) is 5.12 Å². The van der Waals surface area contributed by atoms with Crippen LogP contribution >= 0.6 is 11.8 Å². The molecule has 0 N–H and O–H groups in total. The van der Waals surface area contributed by atoms with Gasteiger partial charge in [0.1, 0.15) is 0 Å². The Morgan fingerprint density at radius 3 is 3.30 bits per heavy atom. The van der Waals surface area contributed by atoms with Crippen LogP contribution in [0.15, 0.2) is 23.2 Å². The minimum absolute atomic E-state index is 0.203. The molecular formula is C7H5NOS. The van der Waals surface area contributed by atoms with Gasteiger partial charge in [-0.1, -0.05) is 0 Å². The van der Waals surface area contributed by atoms with Gasteiger partial charge < -0.3 is 0 Å². The predicted octanol–water partition coefficient (Wildman–Crippen LogP) is 1.26. The summed E-state index contributed by atoms with van der Waals surface area (Å²) in [4.78, 5) is 15.9.